The Morgan fingerprint density at radius 3 is 2.71 bits per heavy atom. The van der Waals surface area contributed by atoms with Gasteiger partial charge >= 0.3 is 0 Å². The number of hydrogen-bond acceptors (Lipinski definition) is 2. The second kappa shape index (κ2) is 4.93. The lowest BCUT2D eigenvalue weighted by molar-refractivity contribution is 0.102. The third-order valence-electron chi connectivity index (χ3n) is 2.00. The van der Waals surface area contributed by atoms with Gasteiger partial charge in [-0.3, -0.25) is 4.79 Å². The molecule has 1 aromatic carbocycles. The Hall–Kier alpha value is -1.27. The fourth-order valence-corrected chi connectivity index (χ4v) is 2.67. The summed E-state index contributed by atoms with van der Waals surface area (Å²) in [5.41, 5.74) is -0.171. The lowest BCUT2D eigenvalue weighted by Crippen LogP contribution is -2.12. The van der Waals surface area contributed by atoms with Gasteiger partial charge in [0, 0.05) is 10.5 Å². The summed E-state index contributed by atoms with van der Waals surface area (Å²) in [5, 5.41) is 4.04. The minimum atomic E-state index is -0.674. The van der Waals surface area contributed by atoms with Crippen LogP contribution in [0.4, 0.5) is 14.5 Å². The van der Waals surface area contributed by atoms with E-state index in [1.807, 2.05) is 0 Å². The van der Waals surface area contributed by atoms with Crippen LogP contribution in [0.15, 0.2) is 34.1 Å². The average molecular weight is 318 g/mol. The molecule has 6 heteroatoms. The van der Waals surface area contributed by atoms with Crippen LogP contribution in [0.5, 0.6) is 0 Å². The van der Waals surface area contributed by atoms with E-state index in [0.717, 1.165) is 18.2 Å². The molecule has 0 unspecified atom stereocenters. The number of halogens is 3. The first-order valence-electron chi connectivity index (χ1n) is 4.57. The van der Waals surface area contributed by atoms with Gasteiger partial charge in [-0.1, -0.05) is 0 Å². The molecule has 1 aromatic heterocycles. The van der Waals surface area contributed by atoms with E-state index in [2.05, 4.69) is 21.2 Å². The first kappa shape index (κ1) is 12.2. The largest absolute Gasteiger partial charge is 0.319 e. The zero-order valence-corrected chi connectivity index (χ0v) is 10.7. The van der Waals surface area contributed by atoms with E-state index in [9.17, 15) is 13.6 Å². The van der Waals surface area contributed by atoms with Crippen molar-refractivity contribution in [2.45, 2.75) is 0 Å². The van der Waals surface area contributed by atoms with Crippen molar-refractivity contribution in [3.8, 4) is 0 Å². The van der Waals surface area contributed by atoms with Crippen LogP contribution >= 0.6 is 27.3 Å². The fourth-order valence-electron chi connectivity index (χ4n) is 1.23. The maximum atomic E-state index is 13.3. The van der Waals surface area contributed by atoms with Gasteiger partial charge in [-0.25, -0.2) is 8.78 Å². The molecule has 2 rings (SSSR count). The highest BCUT2D eigenvalue weighted by Gasteiger charge is 2.14. The molecule has 0 radical (unpaired) electrons. The Labute approximate surface area is 108 Å². The standard InChI is InChI=1S/C11H6BrF2NOS/c12-7-3-4-17-10(7)11(16)15-9-5-6(13)1-2-8(9)14/h1-5H,(H,15,16). The summed E-state index contributed by atoms with van der Waals surface area (Å²) in [6.45, 7) is 0. The molecule has 0 saturated heterocycles. The first-order chi connectivity index (χ1) is 8.08. The first-order valence-corrected chi connectivity index (χ1v) is 6.24. The van der Waals surface area contributed by atoms with Crippen molar-refractivity contribution in [1.29, 1.82) is 0 Å². The quantitative estimate of drug-likeness (QED) is 0.889. The Morgan fingerprint density at radius 2 is 2.06 bits per heavy atom. The second-order valence-electron chi connectivity index (χ2n) is 3.18. The minimum Gasteiger partial charge on any atom is -0.319 e. The molecule has 0 fully saturated rings. The predicted octanol–water partition coefficient (Wildman–Crippen LogP) is 4.04. The van der Waals surface area contributed by atoms with Gasteiger partial charge < -0.3 is 5.32 Å². The van der Waals surface area contributed by atoms with E-state index in [-0.39, 0.29) is 5.69 Å². The van der Waals surface area contributed by atoms with Crippen LogP contribution in [-0.4, -0.2) is 5.91 Å². The molecule has 0 atom stereocenters. The normalized spacial score (nSPS) is 10.3. The molecule has 1 N–H and O–H groups in total. The Kier molecular flexibility index (Phi) is 3.54. The number of carbonyl (C=O) groups is 1. The number of carbonyl (C=O) groups excluding carboxylic acids is 1. The summed E-state index contributed by atoms with van der Waals surface area (Å²) in [7, 11) is 0. The number of hydrogen-bond donors (Lipinski definition) is 1. The number of benzene rings is 1. The molecular weight excluding hydrogens is 312 g/mol. The maximum absolute atomic E-state index is 13.3. The van der Waals surface area contributed by atoms with Crippen LogP contribution in [0, 0.1) is 11.6 Å². The SMILES string of the molecule is O=C(Nc1cc(F)ccc1F)c1sccc1Br. The molecule has 0 aliphatic carbocycles. The smallest absolute Gasteiger partial charge is 0.266 e. The number of rotatable bonds is 2. The van der Waals surface area contributed by atoms with Crippen molar-refractivity contribution in [3.05, 3.63) is 50.6 Å². The topological polar surface area (TPSA) is 29.1 Å². The van der Waals surface area contributed by atoms with Gasteiger partial charge in [-0.05, 0) is 39.5 Å². The summed E-state index contributed by atoms with van der Waals surface area (Å²) >= 11 is 4.41. The van der Waals surface area contributed by atoms with Crippen molar-refractivity contribution in [1.82, 2.24) is 0 Å². The highest BCUT2D eigenvalue weighted by atomic mass is 79.9. The minimum absolute atomic E-state index is 0.171. The summed E-state index contributed by atoms with van der Waals surface area (Å²) in [4.78, 5) is 12.2. The lowest BCUT2D eigenvalue weighted by Gasteiger charge is -2.05. The third kappa shape index (κ3) is 2.70. The Bertz CT molecular complexity index is 570. The molecule has 0 aliphatic rings. The molecule has 0 spiro atoms. The Morgan fingerprint density at radius 1 is 1.29 bits per heavy atom. The fraction of sp³-hybridized carbons (Fsp3) is 0. The molecule has 88 valence electrons. The summed E-state index contributed by atoms with van der Waals surface area (Å²) < 4.78 is 26.8. The second-order valence-corrected chi connectivity index (χ2v) is 4.95. The van der Waals surface area contributed by atoms with Gasteiger partial charge in [0.25, 0.3) is 5.91 Å². The zero-order chi connectivity index (χ0) is 12.4. The number of anilines is 1. The van der Waals surface area contributed by atoms with Crippen LogP contribution in [0.2, 0.25) is 0 Å². The van der Waals surface area contributed by atoms with Crippen LogP contribution in [0.1, 0.15) is 9.67 Å². The van der Waals surface area contributed by atoms with Crippen LogP contribution in [0.3, 0.4) is 0 Å². The van der Waals surface area contributed by atoms with Gasteiger partial charge in [-0.2, -0.15) is 0 Å². The molecule has 2 aromatic rings. The van der Waals surface area contributed by atoms with Crippen molar-refractivity contribution < 1.29 is 13.6 Å². The van der Waals surface area contributed by atoms with Gasteiger partial charge in [0.1, 0.15) is 16.5 Å². The zero-order valence-electron chi connectivity index (χ0n) is 8.34. The molecule has 0 saturated carbocycles. The molecule has 0 bridgehead atoms. The van der Waals surface area contributed by atoms with E-state index in [1.54, 1.807) is 11.4 Å². The summed E-state index contributed by atoms with van der Waals surface area (Å²) in [6.07, 6.45) is 0. The van der Waals surface area contributed by atoms with E-state index in [1.165, 1.54) is 11.3 Å². The van der Waals surface area contributed by atoms with Crippen molar-refractivity contribution in [2.24, 2.45) is 0 Å². The van der Waals surface area contributed by atoms with E-state index in [0.29, 0.717) is 9.35 Å². The van der Waals surface area contributed by atoms with Crippen LogP contribution in [-0.2, 0) is 0 Å². The van der Waals surface area contributed by atoms with Crippen molar-refractivity contribution >= 4 is 38.9 Å². The van der Waals surface area contributed by atoms with Crippen LogP contribution < -0.4 is 5.32 Å². The number of thiophene rings is 1. The average Bonchev–Trinajstić information content (AvgIpc) is 2.70. The van der Waals surface area contributed by atoms with Gasteiger partial charge in [0.05, 0.1) is 5.69 Å². The van der Waals surface area contributed by atoms with E-state index >= 15 is 0 Å². The van der Waals surface area contributed by atoms with Gasteiger partial charge in [0.2, 0.25) is 0 Å². The molecular formula is C11H6BrF2NOS. The molecule has 1 heterocycles. The van der Waals surface area contributed by atoms with E-state index < -0.39 is 17.5 Å². The van der Waals surface area contributed by atoms with Crippen LogP contribution in [0.25, 0.3) is 0 Å². The molecule has 0 aliphatic heterocycles. The highest BCUT2D eigenvalue weighted by molar-refractivity contribution is 9.10. The van der Waals surface area contributed by atoms with Gasteiger partial charge in [-0.15, -0.1) is 11.3 Å². The molecule has 17 heavy (non-hydrogen) atoms. The maximum Gasteiger partial charge on any atom is 0.266 e. The lowest BCUT2D eigenvalue weighted by atomic mass is 10.3. The van der Waals surface area contributed by atoms with Gasteiger partial charge in [0.15, 0.2) is 0 Å². The highest BCUT2D eigenvalue weighted by Crippen LogP contribution is 2.24. The van der Waals surface area contributed by atoms with E-state index in [4.69, 9.17) is 0 Å². The Balaban J connectivity index is 2.24. The molecule has 1 amide bonds. The monoisotopic (exact) mass is 317 g/mol. The van der Waals surface area contributed by atoms with Crippen molar-refractivity contribution in [2.75, 3.05) is 5.32 Å². The number of nitrogens with one attached hydrogen (secondary N) is 1. The summed E-state index contributed by atoms with van der Waals surface area (Å²) in [5.74, 6) is -1.75. The predicted molar refractivity (Wildman–Crippen MR) is 66.3 cm³/mol. The summed E-state index contributed by atoms with van der Waals surface area (Å²) in [6, 6.07) is 4.61. The molecule has 2 nitrogen and oxygen atoms in total. The number of amides is 1. The third-order valence-corrected chi connectivity index (χ3v) is 3.84. The van der Waals surface area contributed by atoms with Crippen molar-refractivity contribution in [3.63, 3.8) is 0 Å².